The first kappa shape index (κ1) is 21.2. The van der Waals surface area contributed by atoms with Crippen LogP contribution in [0.5, 0.6) is 5.75 Å². The smallest absolute Gasteiger partial charge is 0.449 e. The molecule has 0 aliphatic carbocycles. The number of aromatic amines is 1. The van der Waals surface area contributed by atoms with Crippen molar-refractivity contribution in [1.82, 2.24) is 15.1 Å². The summed E-state index contributed by atoms with van der Waals surface area (Å²) >= 11 is 0. The lowest BCUT2D eigenvalue weighted by molar-refractivity contribution is 0.145. The number of para-hydroxylation sites is 1. The van der Waals surface area contributed by atoms with E-state index in [1.807, 2.05) is 18.2 Å². The summed E-state index contributed by atoms with van der Waals surface area (Å²) in [6.07, 6.45) is -1.51. The van der Waals surface area contributed by atoms with Crippen molar-refractivity contribution < 1.29 is 19.4 Å². The molecule has 0 radical (unpaired) electrons. The normalized spacial score (nSPS) is 11.3. The molecule has 8 heteroatoms. The van der Waals surface area contributed by atoms with E-state index >= 15 is 0 Å². The third-order valence-electron chi connectivity index (χ3n) is 4.99. The van der Waals surface area contributed by atoms with Gasteiger partial charge in [0.1, 0.15) is 5.52 Å². The predicted molar refractivity (Wildman–Crippen MR) is 113 cm³/mol. The van der Waals surface area contributed by atoms with Crippen molar-refractivity contribution in [2.45, 2.75) is 46.1 Å². The average Bonchev–Trinajstić information content (AvgIpc) is 3.03. The Balaban J connectivity index is 1.93. The van der Waals surface area contributed by atoms with Gasteiger partial charge >= 0.3 is 12.2 Å². The molecule has 0 fully saturated rings. The SMILES string of the molecule is CC(C)c1cccc(C(C)C)c1CNC(=O)n1[nH]c2c(OC(=O)O)cccc2c1=O. The number of rotatable bonds is 5. The van der Waals surface area contributed by atoms with Crippen molar-refractivity contribution in [3.05, 3.63) is 63.4 Å². The lowest BCUT2D eigenvalue weighted by Crippen LogP contribution is -2.35. The summed E-state index contributed by atoms with van der Waals surface area (Å²) in [5, 5.41) is 14.5. The number of carbonyl (C=O) groups excluding carboxylic acids is 1. The third-order valence-corrected chi connectivity index (χ3v) is 4.99. The number of fused-ring (bicyclic) bond motifs is 1. The zero-order valence-electron chi connectivity index (χ0n) is 17.4. The Morgan fingerprint density at radius 3 is 2.23 bits per heavy atom. The molecule has 3 rings (SSSR count). The molecule has 0 saturated carbocycles. The molecular weight excluding hydrogens is 386 g/mol. The van der Waals surface area contributed by atoms with Crippen LogP contribution in [0.1, 0.15) is 56.2 Å². The summed E-state index contributed by atoms with van der Waals surface area (Å²) in [5.74, 6) is 0.514. The largest absolute Gasteiger partial charge is 0.511 e. The number of hydrogen-bond acceptors (Lipinski definition) is 4. The van der Waals surface area contributed by atoms with Crippen LogP contribution in [0.2, 0.25) is 0 Å². The van der Waals surface area contributed by atoms with Crippen LogP contribution in [-0.4, -0.2) is 27.1 Å². The molecule has 2 aromatic carbocycles. The van der Waals surface area contributed by atoms with Gasteiger partial charge in [-0.3, -0.25) is 9.89 Å². The van der Waals surface area contributed by atoms with Gasteiger partial charge in [-0.15, -0.1) is 0 Å². The molecule has 0 aliphatic heterocycles. The van der Waals surface area contributed by atoms with Crippen LogP contribution in [0.3, 0.4) is 0 Å². The second kappa shape index (κ2) is 8.44. The quantitative estimate of drug-likeness (QED) is 0.426. The maximum Gasteiger partial charge on any atom is 0.511 e. The molecule has 0 atom stereocenters. The Kier molecular flexibility index (Phi) is 5.96. The van der Waals surface area contributed by atoms with Crippen LogP contribution in [0.15, 0.2) is 41.2 Å². The fourth-order valence-electron chi connectivity index (χ4n) is 3.58. The van der Waals surface area contributed by atoms with Gasteiger partial charge in [-0.1, -0.05) is 52.0 Å². The number of nitrogens with zero attached hydrogens (tertiary/aromatic N) is 1. The van der Waals surface area contributed by atoms with Crippen molar-refractivity contribution in [1.29, 1.82) is 0 Å². The maximum atomic E-state index is 12.8. The van der Waals surface area contributed by atoms with Crippen LogP contribution in [0, 0.1) is 0 Å². The van der Waals surface area contributed by atoms with Gasteiger partial charge in [0, 0.05) is 6.54 Å². The standard InChI is InChI=1S/C22H25N3O5/c1-12(2)14-7-5-8-15(13(3)4)17(14)11-23-21(27)25-20(26)16-9-6-10-18(19(16)24-25)30-22(28)29/h5-10,12-13,24H,11H2,1-4H3,(H,23,27)(H,28,29). The van der Waals surface area contributed by atoms with Gasteiger partial charge in [0.15, 0.2) is 5.75 Å². The fourth-order valence-corrected chi connectivity index (χ4v) is 3.58. The van der Waals surface area contributed by atoms with Gasteiger partial charge in [0.05, 0.1) is 5.39 Å². The molecule has 0 bridgehead atoms. The van der Waals surface area contributed by atoms with E-state index in [1.54, 1.807) is 0 Å². The summed E-state index contributed by atoms with van der Waals surface area (Å²) in [6.45, 7) is 8.64. The lowest BCUT2D eigenvalue weighted by atomic mass is 9.89. The molecule has 0 saturated heterocycles. The van der Waals surface area contributed by atoms with Crippen LogP contribution in [0.4, 0.5) is 9.59 Å². The van der Waals surface area contributed by atoms with Gasteiger partial charge < -0.3 is 15.2 Å². The molecule has 30 heavy (non-hydrogen) atoms. The van der Waals surface area contributed by atoms with E-state index in [0.29, 0.717) is 0 Å². The second-order valence-electron chi connectivity index (χ2n) is 7.68. The first-order valence-corrected chi connectivity index (χ1v) is 9.75. The predicted octanol–water partition coefficient (Wildman–Crippen LogP) is 4.39. The van der Waals surface area contributed by atoms with Gasteiger partial charge in [-0.25, -0.2) is 9.59 Å². The molecule has 0 spiro atoms. The zero-order chi connectivity index (χ0) is 22.0. The second-order valence-corrected chi connectivity index (χ2v) is 7.68. The van der Waals surface area contributed by atoms with E-state index in [0.717, 1.165) is 21.4 Å². The summed E-state index contributed by atoms with van der Waals surface area (Å²) in [7, 11) is 0. The summed E-state index contributed by atoms with van der Waals surface area (Å²) in [5.41, 5.74) is 2.88. The van der Waals surface area contributed by atoms with Crippen molar-refractivity contribution in [2.24, 2.45) is 0 Å². The van der Waals surface area contributed by atoms with E-state index in [1.165, 1.54) is 18.2 Å². The van der Waals surface area contributed by atoms with Gasteiger partial charge in [0.25, 0.3) is 5.56 Å². The van der Waals surface area contributed by atoms with Crippen molar-refractivity contribution in [3.8, 4) is 5.75 Å². The first-order valence-electron chi connectivity index (χ1n) is 9.75. The fraction of sp³-hybridized carbons (Fsp3) is 0.318. The number of hydrogen-bond donors (Lipinski definition) is 3. The number of amides is 1. The number of ether oxygens (including phenoxy) is 1. The highest BCUT2D eigenvalue weighted by Gasteiger charge is 2.19. The van der Waals surface area contributed by atoms with Crippen LogP contribution >= 0.6 is 0 Å². The number of nitrogens with one attached hydrogen (secondary N) is 2. The molecule has 3 aromatic rings. The summed E-state index contributed by atoms with van der Waals surface area (Å²) in [6, 6.07) is 9.87. The Hall–Kier alpha value is -3.55. The molecule has 1 heterocycles. The number of benzene rings is 2. The minimum absolute atomic E-state index is 0.0455. The van der Waals surface area contributed by atoms with Crippen LogP contribution in [0.25, 0.3) is 10.9 Å². The average molecular weight is 411 g/mol. The molecular formula is C22H25N3O5. The van der Waals surface area contributed by atoms with Gasteiger partial charge in [0.2, 0.25) is 0 Å². The lowest BCUT2D eigenvalue weighted by Gasteiger charge is -2.20. The van der Waals surface area contributed by atoms with Crippen LogP contribution in [-0.2, 0) is 6.54 Å². The number of H-pyrrole nitrogens is 1. The Bertz CT molecular complexity index is 1130. The van der Waals surface area contributed by atoms with E-state index in [2.05, 4.69) is 38.1 Å². The number of aromatic nitrogens is 2. The topological polar surface area (TPSA) is 113 Å². The molecule has 1 amide bonds. The Morgan fingerprint density at radius 2 is 1.67 bits per heavy atom. The highest BCUT2D eigenvalue weighted by Crippen LogP contribution is 2.27. The first-order chi connectivity index (χ1) is 14.2. The highest BCUT2D eigenvalue weighted by molar-refractivity contribution is 5.89. The van der Waals surface area contributed by atoms with E-state index < -0.39 is 17.7 Å². The molecule has 8 nitrogen and oxygen atoms in total. The molecule has 0 unspecified atom stereocenters. The monoisotopic (exact) mass is 411 g/mol. The number of carboxylic acid groups (broad SMARTS) is 1. The summed E-state index contributed by atoms with van der Waals surface area (Å²) < 4.78 is 5.52. The van der Waals surface area contributed by atoms with Crippen LogP contribution < -0.4 is 15.6 Å². The molecule has 0 aliphatic rings. The molecule has 158 valence electrons. The third kappa shape index (κ3) is 4.07. The van der Waals surface area contributed by atoms with Gasteiger partial charge in [-0.2, -0.15) is 4.68 Å². The van der Waals surface area contributed by atoms with Crippen molar-refractivity contribution >= 4 is 23.1 Å². The summed E-state index contributed by atoms with van der Waals surface area (Å²) in [4.78, 5) is 36.3. The number of carbonyl (C=O) groups is 2. The van der Waals surface area contributed by atoms with Gasteiger partial charge in [-0.05, 0) is 40.7 Å². The van der Waals surface area contributed by atoms with E-state index in [9.17, 15) is 14.4 Å². The Morgan fingerprint density at radius 1 is 1.07 bits per heavy atom. The van der Waals surface area contributed by atoms with E-state index in [4.69, 9.17) is 9.84 Å². The molecule has 1 aromatic heterocycles. The minimum Gasteiger partial charge on any atom is -0.449 e. The minimum atomic E-state index is -1.51. The maximum absolute atomic E-state index is 12.8. The zero-order valence-corrected chi connectivity index (χ0v) is 17.4. The molecule has 3 N–H and O–H groups in total. The van der Waals surface area contributed by atoms with Crippen molar-refractivity contribution in [2.75, 3.05) is 0 Å². The van der Waals surface area contributed by atoms with E-state index in [-0.39, 0.29) is 35.0 Å². The Labute approximate surface area is 173 Å². The highest BCUT2D eigenvalue weighted by atomic mass is 16.7. The van der Waals surface area contributed by atoms with Crippen molar-refractivity contribution in [3.63, 3.8) is 0 Å².